The van der Waals surface area contributed by atoms with Crippen LogP contribution in [0.1, 0.15) is 13.3 Å². The predicted molar refractivity (Wildman–Crippen MR) is 48.1 cm³/mol. The van der Waals surface area contributed by atoms with Crippen molar-refractivity contribution in [3.8, 4) is 0 Å². The SMILES string of the molecule is COC(=O)CC(C)(O[SiH3])C(=O)OC. The molecular formula is C7H14O5Si. The lowest BCUT2D eigenvalue weighted by atomic mass is 10.0. The summed E-state index contributed by atoms with van der Waals surface area (Å²) in [5.41, 5.74) is -1.20. The minimum absolute atomic E-state index is 0.125. The number of carbonyl (C=O) groups is 2. The van der Waals surface area contributed by atoms with E-state index in [0.717, 1.165) is 0 Å². The van der Waals surface area contributed by atoms with Gasteiger partial charge in [0, 0.05) is 0 Å². The van der Waals surface area contributed by atoms with Crippen LogP contribution in [0.2, 0.25) is 0 Å². The molecule has 0 amide bonds. The van der Waals surface area contributed by atoms with Crippen LogP contribution in [0.3, 0.4) is 0 Å². The Balaban J connectivity index is 4.45. The summed E-state index contributed by atoms with van der Waals surface area (Å²) in [5.74, 6) is -1.06. The summed E-state index contributed by atoms with van der Waals surface area (Å²) in [5, 5.41) is 0. The molecule has 1 atom stereocenters. The van der Waals surface area contributed by atoms with Gasteiger partial charge in [0.1, 0.15) is 10.5 Å². The van der Waals surface area contributed by atoms with Crippen molar-refractivity contribution in [2.75, 3.05) is 14.2 Å². The fourth-order valence-corrected chi connectivity index (χ4v) is 1.10. The molecule has 0 N–H and O–H groups in total. The Morgan fingerprint density at radius 1 is 1.31 bits per heavy atom. The Labute approximate surface area is 79.9 Å². The zero-order valence-corrected chi connectivity index (χ0v) is 10.2. The Bertz CT molecular complexity index is 205. The van der Waals surface area contributed by atoms with E-state index in [1.165, 1.54) is 21.1 Å². The first-order valence-corrected chi connectivity index (χ1v) is 4.52. The summed E-state index contributed by atoms with van der Waals surface area (Å²) < 4.78 is 14.0. The third-order valence-corrected chi connectivity index (χ3v) is 2.68. The molecule has 0 aromatic rings. The number of esters is 2. The maximum atomic E-state index is 11.2. The number of rotatable bonds is 4. The number of ether oxygens (including phenoxy) is 2. The lowest BCUT2D eigenvalue weighted by molar-refractivity contribution is -0.164. The molecule has 0 heterocycles. The molecule has 6 heteroatoms. The van der Waals surface area contributed by atoms with E-state index < -0.39 is 17.5 Å². The van der Waals surface area contributed by atoms with Crippen molar-refractivity contribution in [2.45, 2.75) is 18.9 Å². The van der Waals surface area contributed by atoms with Crippen molar-refractivity contribution in [1.82, 2.24) is 0 Å². The summed E-state index contributed by atoms with van der Waals surface area (Å²) in [6.45, 7) is 1.50. The molecule has 0 saturated heterocycles. The topological polar surface area (TPSA) is 61.8 Å². The van der Waals surface area contributed by atoms with E-state index in [-0.39, 0.29) is 6.42 Å². The minimum atomic E-state index is -1.20. The summed E-state index contributed by atoms with van der Waals surface area (Å²) in [4.78, 5) is 22.1. The van der Waals surface area contributed by atoms with Crippen molar-refractivity contribution < 1.29 is 23.5 Å². The van der Waals surface area contributed by atoms with Gasteiger partial charge in [-0.15, -0.1) is 0 Å². The molecule has 0 fully saturated rings. The molecule has 0 aromatic heterocycles. The van der Waals surface area contributed by atoms with Crippen molar-refractivity contribution in [1.29, 1.82) is 0 Å². The molecule has 0 aliphatic rings. The largest absolute Gasteiger partial charge is 0.469 e. The highest BCUT2D eigenvalue weighted by molar-refractivity contribution is 6.01. The van der Waals surface area contributed by atoms with Crippen molar-refractivity contribution in [3.63, 3.8) is 0 Å². The second kappa shape index (κ2) is 4.98. The van der Waals surface area contributed by atoms with E-state index in [4.69, 9.17) is 4.43 Å². The van der Waals surface area contributed by atoms with E-state index in [0.29, 0.717) is 10.5 Å². The lowest BCUT2D eigenvalue weighted by Gasteiger charge is -2.24. The highest BCUT2D eigenvalue weighted by Gasteiger charge is 2.36. The lowest BCUT2D eigenvalue weighted by Crippen LogP contribution is -2.41. The fraction of sp³-hybridized carbons (Fsp3) is 0.714. The third kappa shape index (κ3) is 3.15. The van der Waals surface area contributed by atoms with Crippen molar-refractivity contribution >= 4 is 22.4 Å². The number of carbonyl (C=O) groups excluding carboxylic acids is 2. The van der Waals surface area contributed by atoms with Crippen molar-refractivity contribution in [2.24, 2.45) is 0 Å². The van der Waals surface area contributed by atoms with Crippen molar-refractivity contribution in [3.05, 3.63) is 0 Å². The number of methoxy groups -OCH3 is 2. The van der Waals surface area contributed by atoms with Gasteiger partial charge in [-0.1, -0.05) is 0 Å². The second-order valence-electron chi connectivity index (χ2n) is 2.68. The average molecular weight is 206 g/mol. The summed E-state index contributed by atoms with van der Waals surface area (Å²) >= 11 is 0. The first kappa shape index (κ1) is 12.1. The monoisotopic (exact) mass is 206 g/mol. The molecule has 0 saturated carbocycles. The number of hydrogen-bond donors (Lipinski definition) is 0. The van der Waals surface area contributed by atoms with E-state index in [9.17, 15) is 9.59 Å². The maximum absolute atomic E-state index is 11.2. The van der Waals surface area contributed by atoms with Crippen LogP contribution in [0.25, 0.3) is 0 Å². The molecule has 5 nitrogen and oxygen atoms in total. The van der Waals surface area contributed by atoms with E-state index in [1.54, 1.807) is 0 Å². The summed E-state index contributed by atoms with van der Waals surface area (Å²) in [6, 6.07) is 0. The Morgan fingerprint density at radius 3 is 2.15 bits per heavy atom. The fourth-order valence-electron chi connectivity index (χ4n) is 0.791. The van der Waals surface area contributed by atoms with E-state index in [1.807, 2.05) is 0 Å². The highest BCUT2D eigenvalue weighted by atomic mass is 28.2. The van der Waals surface area contributed by atoms with E-state index >= 15 is 0 Å². The normalized spacial score (nSPS) is 14.7. The smallest absolute Gasteiger partial charge is 0.337 e. The van der Waals surface area contributed by atoms with Gasteiger partial charge in [0.05, 0.1) is 20.6 Å². The van der Waals surface area contributed by atoms with Gasteiger partial charge in [-0.25, -0.2) is 4.79 Å². The maximum Gasteiger partial charge on any atom is 0.337 e. The van der Waals surface area contributed by atoms with Crippen LogP contribution < -0.4 is 0 Å². The van der Waals surface area contributed by atoms with Crippen LogP contribution in [0.4, 0.5) is 0 Å². The quantitative estimate of drug-likeness (QED) is 0.426. The summed E-state index contributed by atoms with van der Waals surface area (Å²) in [7, 11) is 2.85. The average Bonchev–Trinajstić information content (AvgIpc) is 2.15. The van der Waals surface area contributed by atoms with Crippen LogP contribution in [0, 0.1) is 0 Å². The summed E-state index contributed by atoms with van der Waals surface area (Å²) in [6.07, 6.45) is -0.125. The van der Waals surface area contributed by atoms with Crippen LogP contribution in [-0.2, 0) is 23.5 Å². The van der Waals surface area contributed by atoms with E-state index in [2.05, 4.69) is 9.47 Å². The van der Waals surface area contributed by atoms with Gasteiger partial charge in [0.2, 0.25) is 0 Å². The molecule has 0 radical (unpaired) electrons. The van der Waals surface area contributed by atoms with Gasteiger partial charge in [0.15, 0.2) is 5.60 Å². The molecule has 0 rings (SSSR count). The van der Waals surface area contributed by atoms with Gasteiger partial charge in [-0.05, 0) is 6.92 Å². The Morgan fingerprint density at radius 2 is 1.85 bits per heavy atom. The zero-order chi connectivity index (χ0) is 10.5. The Hall–Kier alpha value is -0.883. The molecule has 0 aliphatic heterocycles. The molecule has 0 aromatic carbocycles. The first-order valence-electron chi connectivity index (χ1n) is 3.70. The zero-order valence-electron chi connectivity index (χ0n) is 8.25. The first-order chi connectivity index (χ1) is 6.00. The van der Waals surface area contributed by atoms with Crippen LogP contribution in [-0.4, -0.2) is 42.2 Å². The Kier molecular flexibility index (Phi) is 4.64. The van der Waals surface area contributed by atoms with Crippen LogP contribution >= 0.6 is 0 Å². The second-order valence-corrected chi connectivity index (χ2v) is 3.09. The molecule has 0 bridgehead atoms. The molecule has 13 heavy (non-hydrogen) atoms. The van der Waals surface area contributed by atoms with Gasteiger partial charge in [-0.2, -0.15) is 0 Å². The molecule has 0 spiro atoms. The predicted octanol–water partition coefficient (Wildman–Crippen LogP) is -1.22. The van der Waals surface area contributed by atoms with Gasteiger partial charge >= 0.3 is 11.9 Å². The van der Waals surface area contributed by atoms with Gasteiger partial charge < -0.3 is 13.9 Å². The molecule has 0 aliphatic carbocycles. The van der Waals surface area contributed by atoms with Crippen LogP contribution in [0.15, 0.2) is 0 Å². The minimum Gasteiger partial charge on any atom is -0.469 e. The molecule has 1 unspecified atom stereocenters. The number of hydrogen-bond acceptors (Lipinski definition) is 5. The van der Waals surface area contributed by atoms with Crippen LogP contribution in [0.5, 0.6) is 0 Å². The standard InChI is InChI=1S/C7H14O5Si/c1-7(12-13,6(9)11-3)4-5(8)10-2/h4H2,1-3,13H3. The van der Waals surface area contributed by atoms with Gasteiger partial charge in [-0.3, -0.25) is 4.79 Å². The molecule has 76 valence electrons. The highest BCUT2D eigenvalue weighted by Crippen LogP contribution is 2.16. The van der Waals surface area contributed by atoms with Gasteiger partial charge in [0.25, 0.3) is 0 Å². The molecular weight excluding hydrogens is 192 g/mol. The third-order valence-electron chi connectivity index (χ3n) is 1.78.